The highest BCUT2D eigenvalue weighted by molar-refractivity contribution is 7.99. The first-order chi connectivity index (χ1) is 12.2. The molecule has 1 amide bonds. The Morgan fingerprint density at radius 2 is 1.96 bits per heavy atom. The summed E-state index contributed by atoms with van der Waals surface area (Å²) in [4.78, 5) is 29.7. The van der Waals surface area contributed by atoms with Crippen molar-refractivity contribution in [3.05, 3.63) is 33.6 Å². The number of fused-ring (bicyclic) bond motifs is 1. The highest BCUT2D eigenvalue weighted by Crippen LogP contribution is 2.21. The molecule has 0 fully saturated rings. The third-order valence-corrected chi connectivity index (χ3v) is 5.36. The SMILES string of the molecule is CC(C)Cn1c(SCC(=O)N[C@@H](C)C(C)C)nc2cc(Cl)ccc2c1=O. The highest BCUT2D eigenvalue weighted by atomic mass is 35.5. The van der Waals surface area contributed by atoms with Crippen molar-refractivity contribution in [3.8, 4) is 0 Å². The summed E-state index contributed by atoms with van der Waals surface area (Å²) in [5.74, 6) is 0.804. The van der Waals surface area contributed by atoms with E-state index in [2.05, 4.69) is 24.1 Å². The zero-order valence-electron chi connectivity index (χ0n) is 15.9. The molecule has 7 heteroatoms. The second kappa shape index (κ2) is 8.91. The summed E-state index contributed by atoms with van der Waals surface area (Å²) in [5, 5.41) is 4.59. The van der Waals surface area contributed by atoms with E-state index in [0.717, 1.165) is 0 Å². The Bertz CT molecular complexity index is 849. The molecule has 0 saturated carbocycles. The smallest absolute Gasteiger partial charge is 0.262 e. The molecule has 0 aliphatic heterocycles. The van der Waals surface area contributed by atoms with E-state index in [1.807, 2.05) is 20.8 Å². The lowest BCUT2D eigenvalue weighted by Crippen LogP contribution is -2.37. The van der Waals surface area contributed by atoms with Crippen LogP contribution in [0, 0.1) is 11.8 Å². The number of hydrogen-bond acceptors (Lipinski definition) is 4. The molecule has 0 bridgehead atoms. The first-order valence-electron chi connectivity index (χ1n) is 8.81. The number of nitrogens with one attached hydrogen (secondary N) is 1. The lowest BCUT2D eigenvalue weighted by molar-refractivity contribution is -0.119. The molecule has 0 aliphatic carbocycles. The Morgan fingerprint density at radius 3 is 2.58 bits per heavy atom. The zero-order valence-corrected chi connectivity index (χ0v) is 17.4. The van der Waals surface area contributed by atoms with E-state index in [9.17, 15) is 9.59 Å². The van der Waals surface area contributed by atoms with Crippen LogP contribution in [0.25, 0.3) is 10.9 Å². The Labute approximate surface area is 163 Å². The van der Waals surface area contributed by atoms with Gasteiger partial charge in [-0.25, -0.2) is 4.98 Å². The van der Waals surface area contributed by atoms with Crippen LogP contribution in [0.2, 0.25) is 5.02 Å². The van der Waals surface area contributed by atoms with Gasteiger partial charge in [0, 0.05) is 17.6 Å². The third kappa shape index (κ3) is 5.24. The van der Waals surface area contributed by atoms with Crippen LogP contribution in [-0.2, 0) is 11.3 Å². The number of carbonyl (C=O) groups excluding carboxylic acids is 1. The number of thioether (sulfide) groups is 1. The van der Waals surface area contributed by atoms with E-state index < -0.39 is 0 Å². The van der Waals surface area contributed by atoms with Crippen LogP contribution in [-0.4, -0.2) is 27.3 Å². The van der Waals surface area contributed by atoms with Gasteiger partial charge >= 0.3 is 0 Å². The molecule has 2 aromatic rings. The summed E-state index contributed by atoms with van der Waals surface area (Å²) in [5.41, 5.74) is 0.458. The molecule has 0 aliphatic rings. The fraction of sp³-hybridized carbons (Fsp3) is 0.526. The molecule has 0 saturated heterocycles. The summed E-state index contributed by atoms with van der Waals surface area (Å²) in [6.45, 7) is 10.8. The quantitative estimate of drug-likeness (QED) is 0.569. The van der Waals surface area contributed by atoms with Crippen LogP contribution in [0.15, 0.2) is 28.2 Å². The van der Waals surface area contributed by atoms with Crippen molar-refractivity contribution in [1.82, 2.24) is 14.9 Å². The van der Waals surface area contributed by atoms with Crippen molar-refractivity contribution < 1.29 is 4.79 Å². The van der Waals surface area contributed by atoms with Crippen LogP contribution in [0.1, 0.15) is 34.6 Å². The van der Waals surface area contributed by atoms with Gasteiger partial charge in [0.15, 0.2) is 5.16 Å². The Hall–Kier alpha value is -1.53. The summed E-state index contributed by atoms with van der Waals surface area (Å²) >= 11 is 7.32. The lowest BCUT2D eigenvalue weighted by atomic mass is 10.1. The first kappa shape index (κ1) is 20.8. The van der Waals surface area contributed by atoms with Gasteiger partial charge in [-0.1, -0.05) is 51.1 Å². The number of aromatic nitrogens is 2. The molecule has 1 atom stereocenters. The first-order valence-corrected chi connectivity index (χ1v) is 10.2. The molecule has 5 nitrogen and oxygen atoms in total. The van der Waals surface area contributed by atoms with Crippen molar-refractivity contribution in [2.75, 3.05) is 5.75 Å². The maximum absolute atomic E-state index is 12.9. The molecule has 0 spiro atoms. The van der Waals surface area contributed by atoms with Crippen molar-refractivity contribution in [1.29, 1.82) is 0 Å². The normalized spacial score (nSPS) is 12.8. The molecule has 0 unspecified atom stereocenters. The van der Waals surface area contributed by atoms with Crippen molar-refractivity contribution >= 4 is 40.2 Å². The fourth-order valence-electron chi connectivity index (χ4n) is 2.40. The molecule has 1 heterocycles. The van der Waals surface area contributed by atoms with Crippen molar-refractivity contribution in [3.63, 3.8) is 0 Å². The van der Waals surface area contributed by atoms with Crippen molar-refractivity contribution in [2.45, 2.75) is 52.4 Å². The summed E-state index contributed by atoms with van der Waals surface area (Å²) in [7, 11) is 0. The average molecular weight is 396 g/mol. The van der Waals surface area contributed by atoms with Crippen LogP contribution in [0.4, 0.5) is 0 Å². The van der Waals surface area contributed by atoms with Gasteiger partial charge < -0.3 is 5.32 Å². The number of rotatable bonds is 7. The molecule has 2 rings (SSSR count). The number of nitrogens with zero attached hydrogens (tertiary/aromatic N) is 2. The standard InChI is InChI=1S/C19H26ClN3O2S/c1-11(2)9-23-18(25)15-7-6-14(20)8-16(15)22-19(23)26-10-17(24)21-13(5)12(3)4/h6-8,11-13H,9-10H2,1-5H3,(H,21,24)/t13-/m0/s1. The van der Waals surface area contributed by atoms with Crippen LogP contribution in [0.3, 0.4) is 0 Å². The predicted molar refractivity (Wildman–Crippen MR) is 109 cm³/mol. The Morgan fingerprint density at radius 1 is 1.27 bits per heavy atom. The van der Waals surface area contributed by atoms with E-state index in [0.29, 0.717) is 33.5 Å². The summed E-state index contributed by atoms with van der Waals surface area (Å²) in [6.07, 6.45) is 0. The number of benzene rings is 1. The molecule has 1 aromatic carbocycles. The van der Waals surface area contributed by atoms with E-state index in [4.69, 9.17) is 11.6 Å². The van der Waals surface area contributed by atoms with Gasteiger partial charge in [0.25, 0.3) is 5.56 Å². The Balaban J connectivity index is 2.32. The van der Waals surface area contributed by atoms with Gasteiger partial charge in [-0.2, -0.15) is 0 Å². The molecule has 0 radical (unpaired) electrons. The van der Waals surface area contributed by atoms with Gasteiger partial charge in [-0.3, -0.25) is 14.2 Å². The Kier molecular flexibility index (Phi) is 7.12. The molecule has 1 aromatic heterocycles. The maximum Gasteiger partial charge on any atom is 0.262 e. The minimum Gasteiger partial charge on any atom is -0.353 e. The summed E-state index contributed by atoms with van der Waals surface area (Å²) in [6, 6.07) is 5.18. The molecule has 26 heavy (non-hydrogen) atoms. The minimum absolute atomic E-state index is 0.0623. The van der Waals surface area contributed by atoms with E-state index >= 15 is 0 Å². The van der Waals surface area contributed by atoms with Gasteiger partial charge in [-0.05, 0) is 37.0 Å². The van der Waals surface area contributed by atoms with Gasteiger partial charge in [0.05, 0.1) is 16.7 Å². The molecule has 1 N–H and O–H groups in total. The maximum atomic E-state index is 12.9. The van der Waals surface area contributed by atoms with Crippen LogP contribution in [0.5, 0.6) is 0 Å². The highest BCUT2D eigenvalue weighted by Gasteiger charge is 2.16. The van der Waals surface area contributed by atoms with Crippen LogP contribution >= 0.6 is 23.4 Å². The van der Waals surface area contributed by atoms with E-state index in [-0.39, 0.29) is 29.2 Å². The predicted octanol–water partition coefficient (Wildman–Crippen LogP) is 3.96. The minimum atomic E-state index is -0.0983. The third-order valence-electron chi connectivity index (χ3n) is 4.15. The van der Waals surface area contributed by atoms with Crippen molar-refractivity contribution in [2.24, 2.45) is 11.8 Å². The monoisotopic (exact) mass is 395 g/mol. The zero-order chi connectivity index (χ0) is 19.4. The number of halogens is 1. The van der Waals surface area contributed by atoms with E-state index in [1.54, 1.807) is 22.8 Å². The second-order valence-electron chi connectivity index (χ2n) is 7.25. The van der Waals surface area contributed by atoms with Crippen LogP contribution < -0.4 is 10.9 Å². The van der Waals surface area contributed by atoms with E-state index in [1.165, 1.54) is 11.8 Å². The lowest BCUT2D eigenvalue weighted by Gasteiger charge is -2.18. The molecular weight excluding hydrogens is 370 g/mol. The summed E-state index contributed by atoms with van der Waals surface area (Å²) < 4.78 is 1.66. The number of carbonyl (C=O) groups is 1. The number of hydrogen-bond donors (Lipinski definition) is 1. The van der Waals surface area contributed by atoms with Gasteiger partial charge in [0.2, 0.25) is 5.91 Å². The largest absolute Gasteiger partial charge is 0.353 e. The van der Waals surface area contributed by atoms with Gasteiger partial charge in [-0.15, -0.1) is 0 Å². The topological polar surface area (TPSA) is 64.0 Å². The molecule has 142 valence electrons. The second-order valence-corrected chi connectivity index (χ2v) is 8.63. The van der Waals surface area contributed by atoms with Gasteiger partial charge in [0.1, 0.15) is 0 Å². The molecular formula is C19H26ClN3O2S. The fourth-order valence-corrected chi connectivity index (χ4v) is 3.39. The average Bonchev–Trinajstić information content (AvgIpc) is 2.55. The number of amides is 1.